The number of nitrogens with zero attached hydrogens (tertiary/aromatic N) is 1. The Balaban J connectivity index is 2.28. The van der Waals surface area contributed by atoms with Crippen LogP contribution in [0.15, 0.2) is 29.2 Å². The number of benzene rings is 1. The molecule has 0 amide bonds. The van der Waals surface area contributed by atoms with Gasteiger partial charge in [0.1, 0.15) is 0 Å². The Morgan fingerprint density at radius 1 is 1.33 bits per heavy atom. The van der Waals surface area contributed by atoms with Crippen molar-refractivity contribution in [1.29, 1.82) is 0 Å². The monoisotopic (exact) mass is 310 g/mol. The van der Waals surface area contributed by atoms with E-state index in [1.807, 2.05) is 13.0 Å². The maximum absolute atomic E-state index is 12.9. The van der Waals surface area contributed by atoms with Crippen LogP contribution in [-0.2, 0) is 10.0 Å². The Bertz CT molecular complexity index is 567. The van der Waals surface area contributed by atoms with E-state index in [4.69, 9.17) is 5.73 Å². The first-order valence-electron chi connectivity index (χ1n) is 7.88. The fraction of sp³-hybridized carbons (Fsp3) is 0.625. The molecule has 0 aromatic heterocycles. The SMILES string of the molecule is CCCCN(C1CC1)S(=O)(=O)c1cccc(C(N)CC)c1. The van der Waals surface area contributed by atoms with Crippen molar-refractivity contribution in [3.05, 3.63) is 29.8 Å². The Labute approximate surface area is 128 Å². The molecule has 21 heavy (non-hydrogen) atoms. The lowest BCUT2D eigenvalue weighted by Crippen LogP contribution is -2.34. The maximum atomic E-state index is 12.9. The van der Waals surface area contributed by atoms with E-state index in [-0.39, 0.29) is 12.1 Å². The summed E-state index contributed by atoms with van der Waals surface area (Å²) < 4.78 is 27.4. The first-order valence-corrected chi connectivity index (χ1v) is 9.32. The molecule has 1 aliphatic carbocycles. The third-order valence-corrected chi connectivity index (χ3v) is 5.97. The molecule has 118 valence electrons. The van der Waals surface area contributed by atoms with Crippen LogP contribution in [-0.4, -0.2) is 25.3 Å². The van der Waals surface area contributed by atoms with Crippen LogP contribution in [0, 0.1) is 0 Å². The zero-order valence-corrected chi connectivity index (χ0v) is 13.8. The molecule has 5 heteroatoms. The second kappa shape index (κ2) is 6.90. The third-order valence-electron chi connectivity index (χ3n) is 4.02. The smallest absolute Gasteiger partial charge is 0.243 e. The fourth-order valence-corrected chi connectivity index (χ4v) is 4.23. The molecule has 1 fully saturated rings. The van der Waals surface area contributed by atoms with Gasteiger partial charge in [0, 0.05) is 18.6 Å². The van der Waals surface area contributed by atoms with Gasteiger partial charge in [-0.15, -0.1) is 0 Å². The minimum atomic E-state index is -3.40. The summed E-state index contributed by atoms with van der Waals surface area (Å²) in [6, 6.07) is 7.21. The number of sulfonamides is 1. The number of hydrogen-bond donors (Lipinski definition) is 1. The van der Waals surface area contributed by atoms with Gasteiger partial charge in [0.25, 0.3) is 0 Å². The van der Waals surface area contributed by atoms with Gasteiger partial charge in [0.05, 0.1) is 4.90 Å². The van der Waals surface area contributed by atoms with Crippen molar-refractivity contribution in [3.63, 3.8) is 0 Å². The number of nitrogens with two attached hydrogens (primary N) is 1. The second-order valence-corrected chi connectivity index (χ2v) is 7.68. The summed E-state index contributed by atoms with van der Waals surface area (Å²) in [5.74, 6) is 0. The fourth-order valence-electron chi connectivity index (χ4n) is 2.45. The van der Waals surface area contributed by atoms with Crippen LogP contribution in [0.1, 0.15) is 57.6 Å². The van der Waals surface area contributed by atoms with E-state index in [0.717, 1.165) is 37.7 Å². The minimum absolute atomic E-state index is 0.106. The van der Waals surface area contributed by atoms with Crippen LogP contribution < -0.4 is 5.73 Å². The molecule has 1 saturated carbocycles. The quantitative estimate of drug-likeness (QED) is 0.802. The Kier molecular flexibility index (Phi) is 5.41. The zero-order valence-electron chi connectivity index (χ0n) is 13.0. The van der Waals surface area contributed by atoms with Crippen molar-refractivity contribution >= 4 is 10.0 Å². The van der Waals surface area contributed by atoms with E-state index < -0.39 is 10.0 Å². The van der Waals surface area contributed by atoms with Crippen molar-refractivity contribution in [1.82, 2.24) is 4.31 Å². The molecular formula is C16H26N2O2S. The first kappa shape index (κ1) is 16.5. The molecule has 1 atom stereocenters. The predicted octanol–water partition coefficient (Wildman–Crippen LogP) is 3.05. The van der Waals surface area contributed by atoms with Gasteiger partial charge in [-0.05, 0) is 43.4 Å². The lowest BCUT2D eigenvalue weighted by Gasteiger charge is -2.22. The third kappa shape index (κ3) is 3.84. The molecule has 0 bridgehead atoms. The van der Waals surface area contributed by atoms with Gasteiger partial charge in [0.2, 0.25) is 10.0 Å². The molecule has 1 aliphatic rings. The average Bonchev–Trinajstić information content (AvgIpc) is 3.31. The lowest BCUT2D eigenvalue weighted by atomic mass is 10.1. The number of hydrogen-bond acceptors (Lipinski definition) is 3. The summed E-state index contributed by atoms with van der Waals surface area (Å²) in [7, 11) is -3.40. The standard InChI is InChI=1S/C16H26N2O2S/c1-3-5-11-18(14-9-10-14)21(19,20)15-8-6-7-13(12-15)16(17)4-2/h6-8,12,14,16H,3-5,9-11,17H2,1-2H3. The Morgan fingerprint density at radius 3 is 2.62 bits per heavy atom. The predicted molar refractivity (Wildman–Crippen MR) is 85.5 cm³/mol. The van der Waals surface area contributed by atoms with E-state index in [0.29, 0.717) is 11.4 Å². The zero-order chi connectivity index (χ0) is 15.5. The highest BCUT2D eigenvalue weighted by atomic mass is 32.2. The van der Waals surface area contributed by atoms with Crippen LogP contribution in [0.3, 0.4) is 0 Å². The highest BCUT2D eigenvalue weighted by molar-refractivity contribution is 7.89. The molecule has 2 rings (SSSR count). The molecule has 1 aromatic carbocycles. The summed E-state index contributed by atoms with van der Waals surface area (Å²) in [6.45, 7) is 4.70. The van der Waals surface area contributed by atoms with Crippen molar-refractivity contribution in [2.75, 3.05) is 6.54 Å². The van der Waals surface area contributed by atoms with Gasteiger partial charge >= 0.3 is 0 Å². The molecular weight excluding hydrogens is 284 g/mol. The van der Waals surface area contributed by atoms with Crippen LogP contribution in [0.4, 0.5) is 0 Å². The molecule has 4 nitrogen and oxygen atoms in total. The van der Waals surface area contributed by atoms with Gasteiger partial charge in [-0.2, -0.15) is 4.31 Å². The second-order valence-electron chi connectivity index (χ2n) is 5.79. The van der Waals surface area contributed by atoms with E-state index in [9.17, 15) is 8.42 Å². The van der Waals surface area contributed by atoms with E-state index >= 15 is 0 Å². The Morgan fingerprint density at radius 2 is 2.05 bits per heavy atom. The van der Waals surface area contributed by atoms with Crippen LogP contribution in [0.2, 0.25) is 0 Å². The maximum Gasteiger partial charge on any atom is 0.243 e. The van der Waals surface area contributed by atoms with Crippen LogP contribution in [0.5, 0.6) is 0 Å². The van der Waals surface area contributed by atoms with E-state index in [1.54, 1.807) is 22.5 Å². The molecule has 0 heterocycles. The van der Waals surface area contributed by atoms with Gasteiger partial charge in [-0.3, -0.25) is 0 Å². The van der Waals surface area contributed by atoms with Crippen molar-refractivity contribution < 1.29 is 8.42 Å². The summed E-state index contributed by atoms with van der Waals surface area (Å²) in [5.41, 5.74) is 6.92. The summed E-state index contributed by atoms with van der Waals surface area (Å²) in [4.78, 5) is 0.381. The molecule has 1 unspecified atom stereocenters. The molecule has 0 spiro atoms. The highest BCUT2D eigenvalue weighted by Crippen LogP contribution is 2.32. The lowest BCUT2D eigenvalue weighted by molar-refractivity contribution is 0.395. The van der Waals surface area contributed by atoms with Gasteiger partial charge < -0.3 is 5.73 Å². The summed E-state index contributed by atoms with van der Waals surface area (Å²) in [6.07, 6.45) is 4.67. The van der Waals surface area contributed by atoms with Gasteiger partial charge in [-0.25, -0.2) is 8.42 Å². The summed E-state index contributed by atoms with van der Waals surface area (Å²) >= 11 is 0. The molecule has 0 radical (unpaired) electrons. The average molecular weight is 310 g/mol. The number of rotatable bonds is 8. The number of unbranched alkanes of at least 4 members (excludes halogenated alkanes) is 1. The van der Waals surface area contributed by atoms with Crippen molar-refractivity contribution in [2.24, 2.45) is 5.73 Å². The molecule has 1 aromatic rings. The van der Waals surface area contributed by atoms with E-state index in [1.165, 1.54) is 0 Å². The van der Waals surface area contributed by atoms with Crippen molar-refractivity contribution in [2.45, 2.75) is 62.9 Å². The highest BCUT2D eigenvalue weighted by Gasteiger charge is 2.37. The Hall–Kier alpha value is -0.910. The minimum Gasteiger partial charge on any atom is -0.324 e. The topological polar surface area (TPSA) is 63.4 Å². The summed E-state index contributed by atoms with van der Waals surface area (Å²) in [5, 5.41) is 0. The molecule has 2 N–H and O–H groups in total. The molecule has 0 aliphatic heterocycles. The van der Waals surface area contributed by atoms with E-state index in [2.05, 4.69) is 6.92 Å². The van der Waals surface area contributed by atoms with Gasteiger partial charge in [-0.1, -0.05) is 32.4 Å². The van der Waals surface area contributed by atoms with Crippen LogP contribution >= 0.6 is 0 Å². The largest absolute Gasteiger partial charge is 0.324 e. The molecule has 0 saturated heterocycles. The van der Waals surface area contributed by atoms with Crippen molar-refractivity contribution in [3.8, 4) is 0 Å². The first-order chi connectivity index (χ1) is 10.0. The normalized spacial score (nSPS) is 17.1. The van der Waals surface area contributed by atoms with Gasteiger partial charge in [0.15, 0.2) is 0 Å². The van der Waals surface area contributed by atoms with Crippen LogP contribution in [0.25, 0.3) is 0 Å².